The summed E-state index contributed by atoms with van der Waals surface area (Å²) in [6.07, 6.45) is -0.795. The number of halogens is 1. The van der Waals surface area contributed by atoms with Gasteiger partial charge in [-0.2, -0.15) is 0 Å². The van der Waals surface area contributed by atoms with Crippen LogP contribution in [-0.4, -0.2) is 67.9 Å². The number of amides is 1. The van der Waals surface area contributed by atoms with Gasteiger partial charge in [0, 0.05) is 26.2 Å². The van der Waals surface area contributed by atoms with Crippen molar-refractivity contribution in [3.63, 3.8) is 0 Å². The maximum absolute atomic E-state index is 14.2. The van der Waals surface area contributed by atoms with Gasteiger partial charge in [0.15, 0.2) is 16.6 Å². The average Bonchev–Trinajstić information content (AvgIpc) is 3.25. The summed E-state index contributed by atoms with van der Waals surface area (Å²) in [5, 5.41) is 0.459. The molecule has 1 atom stereocenters. The standard InChI is InChI=1S/C22H22FN3O4S/c23-15-4-3-7-19-20(15)24-22(31-19)26(9-8-25-10-12-28-13-11-25)21(27)18-14-29-16-5-1-2-6-17(16)30-18/h1-7,18H,8-14H2/t18-/m1/s1. The number of rotatable bonds is 5. The Kier molecular flexibility index (Phi) is 5.71. The SMILES string of the molecule is O=C([C@H]1COc2ccccc2O1)N(CCN1CCOCC1)c1nc2c(F)cccc2s1. The first-order chi connectivity index (χ1) is 15.2. The summed E-state index contributed by atoms with van der Waals surface area (Å²) in [5.41, 5.74) is 0.276. The van der Waals surface area contributed by atoms with Crippen molar-refractivity contribution in [2.24, 2.45) is 0 Å². The van der Waals surface area contributed by atoms with Crippen molar-refractivity contribution >= 4 is 32.6 Å². The zero-order chi connectivity index (χ0) is 21.2. The van der Waals surface area contributed by atoms with Gasteiger partial charge in [0.05, 0.1) is 17.9 Å². The summed E-state index contributed by atoms with van der Waals surface area (Å²) in [6.45, 7) is 4.18. The van der Waals surface area contributed by atoms with E-state index in [2.05, 4.69) is 9.88 Å². The van der Waals surface area contributed by atoms with E-state index >= 15 is 0 Å². The molecule has 3 aromatic rings. The van der Waals surface area contributed by atoms with Gasteiger partial charge in [-0.25, -0.2) is 9.37 Å². The highest BCUT2D eigenvalue weighted by atomic mass is 32.1. The number of benzene rings is 2. The number of nitrogens with zero attached hydrogens (tertiary/aromatic N) is 3. The quantitative estimate of drug-likeness (QED) is 0.604. The van der Waals surface area contributed by atoms with Crippen LogP contribution in [0.3, 0.4) is 0 Å². The lowest BCUT2D eigenvalue weighted by molar-refractivity contribution is -0.127. The van der Waals surface area contributed by atoms with Crippen molar-refractivity contribution in [3.8, 4) is 11.5 Å². The molecule has 2 aliphatic rings. The number of fused-ring (bicyclic) bond motifs is 2. The second-order valence-corrected chi connectivity index (χ2v) is 8.40. The van der Waals surface area contributed by atoms with Gasteiger partial charge >= 0.3 is 0 Å². The molecule has 1 saturated heterocycles. The summed E-state index contributed by atoms with van der Waals surface area (Å²) in [4.78, 5) is 21.8. The van der Waals surface area contributed by atoms with Crippen LogP contribution in [-0.2, 0) is 9.53 Å². The van der Waals surface area contributed by atoms with Gasteiger partial charge in [0.1, 0.15) is 17.9 Å². The normalized spacial score (nSPS) is 18.8. The first kappa shape index (κ1) is 20.2. The van der Waals surface area contributed by atoms with E-state index in [-0.39, 0.29) is 18.0 Å². The number of anilines is 1. The first-order valence-electron chi connectivity index (χ1n) is 10.2. The molecule has 0 spiro atoms. The Labute approximate surface area is 182 Å². The second-order valence-electron chi connectivity index (χ2n) is 7.39. The van der Waals surface area contributed by atoms with Gasteiger partial charge in [-0.3, -0.25) is 14.6 Å². The van der Waals surface area contributed by atoms with E-state index in [1.165, 1.54) is 17.4 Å². The topological polar surface area (TPSA) is 64.1 Å². The van der Waals surface area contributed by atoms with Crippen molar-refractivity contribution in [1.29, 1.82) is 0 Å². The third-order valence-corrected chi connectivity index (χ3v) is 6.43. The minimum Gasteiger partial charge on any atom is -0.485 e. The zero-order valence-corrected chi connectivity index (χ0v) is 17.6. The lowest BCUT2D eigenvalue weighted by atomic mass is 10.2. The van der Waals surface area contributed by atoms with Crippen molar-refractivity contribution < 1.29 is 23.4 Å². The van der Waals surface area contributed by atoms with Crippen molar-refractivity contribution in [1.82, 2.24) is 9.88 Å². The van der Waals surface area contributed by atoms with Gasteiger partial charge in [0.2, 0.25) is 6.10 Å². The zero-order valence-electron chi connectivity index (χ0n) is 16.8. The molecule has 0 unspecified atom stereocenters. The molecule has 7 nitrogen and oxygen atoms in total. The molecule has 1 amide bonds. The van der Waals surface area contributed by atoms with Crippen LogP contribution in [0, 0.1) is 5.82 Å². The molecule has 3 heterocycles. The Morgan fingerprint density at radius 2 is 1.97 bits per heavy atom. The van der Waals surface area contributed by atoms with E-state index in [1.54, 1.807) is 23.1 Å². The van der Waals surface area contributed by atoms with Crippen LogP contribution in [0.4, 0.5) is 9.52 Å². The molecule has 0 aliphatic carbocycles. The number of para-hydroxylation sites is 3. The van der Waals surface area contributed by atoms with Crippen LogP contribution >= 0.6 is 11.3 Å². The third-order valence-electron chi connectivity index (χ3n) is 5.38. The van der Waals surface area contributed by atoms with E-state index < -0.39 is 11.9 Å². The monoisotopic (exact) mass is 443 g/mol. The fourth-order valence-electron chi connectivity index (χ4n) is 3.70. The number of morpholine rings is 1. The molecular weight excluding hydrogens is 421 g/mol. The summed E-state index contributed by atoms with van der Waals surface area (Å²) >= 11 is 1.30. The largest absolute Gasteiger partial charge is 0.485 e. The third kappa shape index (κ3) is 4.21. The summed E-state index contributed by atoms with van der Waals surface area (Å²) in [5.74, 6) is 0.512. The smallest absolute Gasteiger partial charge is 0.273 e. The molecular formula is C22H22FN3O4S. The van der Waals surface area contributed by atoms with Crippen molar-refractivity contribution in [2.75, 3.05) is 50.9 Å². The number of ether oxygens (including phenoxy) is 3. The Balaban J connectivity index is 1.41. The maximum Gasteiger partial charge on any atom is 0.273 e. The molecule has 31 heavy (non-hydrogen) atoms. The Morgan fingerprint density at radius 3 is 2.77 bits per heavy atom. The average molecular weight is 444 g/mol. The Bertz CT molecular complexity index is 1090. The van der Waals surface area contributed by atoms with E-state index in [1.807, 2.05) is 18.2 Å². The molecule has 5 rings (SSSR count). The molecule has 0 radical (unpaired) electrons. The highest BCUT2D eigenvalue weighted by molar-refractivity contribution is 7.22. The highest BCUT2D eigenvalue weighted by Gasteiger charge is 2.33. The van der Waals surface area contributed by atoms with Crippen LogP contribution in [0.15, 0.2) is 42.5 Å². The van der Waals surface area contributed by atoms with Crippen LogP contribution < -0.4 is 14.4 Å². The fourth-order valence-corrected chi connectivity index (χ4v) is 4.71. The minimum atomic E-state index is -0.795. The number of carbonyl (C=O) groups is 1. The van der Waals surface area contributed by atoms with Crippen molar-refractivity contribution in [3.05, 3.63) is 48.3 Å². The van der Waals surface area contributed by atoms with E-state index in [4.69, 9.17) is 14.2 Å². The Hall–Kier alpha value is -2.75. The lowest BCUT2D eigenvalue weighted by Crippen LogP contribution is -2.49. The maximum atomic E-state index is 14.2. The predicted molar refractivity (Wildman–Crippen MR) is 116 cm³/mol. The molecule has 1 fully saturated rings. The summed E-state index contributed by atoms with van der Waals surface area (Å²) in [7, 11) is 0. The van der Waals surface area contributed by atoms with Gasteiger partial charge in [-0.05, 0) is 24.3 Å². The van der Waals surface area contributed by atoms with Crippen LogP contribution in [0.5, 0.6) is 11.5 Å². The van der Waals surface area contributed by atoms with Crippen LogP contribution in [0.1, 0.15) is 0 Å². The van der Waals surface area contributed by atoms with Gasteiger partial charge in [-0.15, -0.1) is 0 Å². The molecule has 1 aromatic heterocycles. The van der Waals surface area contributed by atoms with Crippen molar-refractivity contribution in [2.45, 2.75) is 6.10 Å². The molecule has 2 aliphatic heterocycles. The lowest BCUT2D eigenvalue weighted by Gasteiger charge is -2.32. The number of aromatic nitrogens is 1. The van der Waals surface area contributed by atoms with E-state index in [0.717, 1.165) is 13.1 Å². The van der Waals surface area contributed by atoms with Gasteiger partial charge in [0.25, 0.3) is 5.91 Å². The summed E-state index contributed by atoms with van der Waals surface area (Å²) < 4.78 is 32.0. The van der Waals surface area contributed by atoms with Gasteiger partial charge < -0.3 is 14.2 Å². The first-order valence-corrected chi connectivity index (χ1v) is 11.1. The molecule has 2 aromatic carbocycles. The fraction of sp³-hybridized carbons (Fsp3) is 0.364. The van der Waals surface area contributed by atoms with Crippen LogP contribution in [0.25, 0.3) is 10.2 Å². The van der Waals surface area contributed by atoms with Crippen LogP contribution in [0.2, 0.25) is 0 Å². The summed E-state index contributed by atoms with van der Waals surface area (Å²) in [6, 6.07) is 12.1. The molecule has 0 N–H and O–H groups in total. The Morgan fingerprint density at radius 1 is 1.16 bits per heavy atom. The van der Waals surface area contributed by atoms with E-state index in [9.17, 15) is 9.18 Å². The number of carbonyl (C=O) groups excluding carboxylic acids is 1. The molecule has 0 bridgehead atoms. The molecule has 9 heteroatoms. The minimum absolute atomic E-state index is 0.114. The number of hydrogen-bond acceptors (Lipinski definition) is 7. The van der Waals surface area contributed by atoms with E-state index in [0.29, 0.717) is 47.6 Å². The molecule has 162 valence electrons. The van der Waals surface area contributed by atoms with Gasteiger partial charge in [-0.1, -0.05) is 29.5 Å². The second kappa shape index (κ2) is 8.78. The molecule has 0 saturated carbocycles. The highest BCUT2D eigenvalue weighted by Crippen LogP contribution is 2.34. The predicted octanol–water partition coefficient (Wildman–Crippen LogP) is 2.94. The number of hydrogen-bond donors (Lipinski definition) is 0. The number of thiazole rings is 1.